The van der Waals surface area contributed by atoms with Gasteiger partial charge in [0.2, 0.25) is 0 Å². The van der Waals surface area contributed by atoms with Crippen molar-refractivity contribution in [1.82, 2.24) is 38.7 Å². The molecule has 1 aromatic carbocycles. The lowest BCUT2D eigenvalue weighted by Crippen LogP contribution is -1.93. The van der Waals surface area contributed by atoms with Gasteiger partial charge in [-0.2, -0.15) is 8.75 Å². The van der Waals surface area contributed by atoms with Gasteiger partial charge in [-0.25, -0.2) is 9.97 Å². The van der Waals surface area contributed by atoms with Crippen LogP contribution in [0.3, 0.4) is 0 Å². The van der Waals surface area contributed by atoms with Gasteiger partial charge in [-0.15, -0.1) is 45.3 Å². The molecule has 0 amide bonds. The largest absolute Gasteiger partial charge is 0.255 e. The van der Waals surface area contributed by atoms with Crippen LogP contribution in [0.1, 0.15) is 76.3 Å². The highest BCUT2D eigenvalue weighted by atomic mass is 32.1. The van der Waals surface area contributed by atoms with Crippen LogP contribution in [0, 0.1) is 0 Å². The second-order valence-electron chi connectivity index (χ2n) is 19.1. The summed E-state index contributed by atoms with van der Waals surface area (Å²) in [6.07, 6.45) is 19.0. The van der Waals surface area contributed by atoms with Crippen molar-refractivity contribution in [2.45, 2.75) is 78.1 Å². The number of hydrogen-bond acceptors (Lipinski definition) is 13. The highest BCUT2D eigenvalue weighted by molar-refractivity contribution is 7.26. The summed E-state index contributed by atoms with van der Waals surface area (Å²) in [5.41, 5.74) is 15.9. The van der Waals surface area contributed by atoms with Crippen molar-refractivity contribution in [3.05, 3.63) is 182 Å². The van der Waals surface area contributed by atoms with Gasteiger partial charge in [-0.05, 0) is 157 Å². The van der Waals surface area contributed by atoms with Gasteiger partial charge in [0.1, 0.15) is 11.0 Å². The Labute approximate surface area is 469 Å². The number of pyridine rings is 6. The minimum atomic E-state index is 0.827. The normalized spacial score (nSPS) is 11.5. The van der Waals surface area contributed by atoms with Gasteiger partial charge >= 0.3 is 0 Å². The Morgan fingerprint density at radius 2 is 0.714 bits per heavy atom. The molecule has 0 aliphatic heterocycles. The standard InChI is InChI=1S/C64H54N8S5/c1-3-5-7-9-19-41-39-59(75-63(41)57-29-27-55(73-57)43-35-51(47-21-11-15-31-65-47)69-52(36-43)48-22-12-16-32-66-48)45-25-26-46(62-61(45)71-77-72-62)60-40-42(20-10-8-6-4-2)64(76-60)58-30-28-56(74-58)44-37-53(49-23-13-17-33-67-49)70-54(38-44)50-24-14-18-34-68-50/h11-18,21-40H,3-10,19-20H2,1-2H3. The average molecular weight is 1100 g/mol. The number of rotatable bonds is 20. The maximum atomic E-state index is 5.06. The molecule has 0 N–H and O–H groups in total. The number of thiophene rings is 4. The van der Waals surface area contributed by atoms with Gasteiger partial charge in [0, 0.05) is 74.9 Å². The number of hydrogen-bond donors (Lipinski definition) is 0. The SMILES string of the molecule is CCCCCCc1cc(-c2ccc(-c3cc(CCCCCC)c(-c4ccc(-c5cc(-c6ccccn6)nc(-c6ccccn6)c5)s4)s3)c3nsnc23)sc1-c1ccc(-c2cc(-c3ccccn3)nc(-c3ccccn3)c2)s1. The Morgan fingerprint density at radius 1 is 0.338 bits per heavy atom. The smallest absolute Gasteiger partial charge is 0.114 e. The predicted octanol–water partition coefficient (Wildman–Crippen LogP) is 19.2. The molecule has 0 fully saturated rings. The van der Waals surface area contributed by atoms with Crippen LogP contribution in [0.2, 0.25) is 0 Å². The second-order valence-corrected chi connectivity index (χ2v) is 23.9. The van der Waals surface area contributed by atoms with E-state index in [2.05, 4.69) is 107 Å². The minimum absolute atomic E-state index is 0.827. The third-order valence-electron chi connectivity index (χ3n) is 13.8. The van der Waals surface area contributed by atoms with Crippen molar-refractivity contribution in [1.29, 1.82) is 0 Å². The van der Waals surface area contributed by atoms with E-state index in [1.54, 1.807) is 0 Å². The van der Waals surface area contributed by atoms with E-state index in [1.165, 1.54) is 100 Å². The molecule has 12 aromatic rings. The topological polar surface area (TPSA) is 103 Å². The fourth-order valence-corrected chi connectivity index (χ4v) is 15.1. The van der Waals surface area contributed by atoms with Crippen molar-refractivity contribution in [3.8, 4) is 107 Å². The lowest BCUT2D eigenvalue weighted by molar-refractivity contribution is 0.668. The van der Waals surface area contributed by atoms with Crippen LogP contribution < -0.4 is 0 Å². The molecule has 0 atom stereocenters. The summed E-state index contributed by atoms with van der Waals surface area (Å²) in [5.74, 6) is 0. The molecule has 0 saturated carbocycles. The zero-order chi connectivity index (χ0) is 51.9. The molecule has 77 heavy (non-hydrogen) atoms. The third-order valence-corrected chi connectivity index (χ3v) is 19.3. The predicted molar refractivity (Wildman–Crippen MR) is 326 cm³/mol. The van der Waals surface area contributed by atoms with Crippen molar-refractivity contribution in [3.63, 3.8) is 0 Å². The Morgan fingerprint density at radius 3 is 1.06 bits per heavy atom. The molecule has 0 unspecified atom stereocenters. The molecule has 0 saturated heterocycles. The fourth-order valence-electron chi connectivity index (χ4n) is 9.82. The van der Waals surface area contributed by atoms with Crippen molar-refractivity contribution < 1.29 is 0 Å². The van der Waals surface area contributed by atoms with E-state index in [4.69, 9.17) is 18.7 Å². The van der Waals surface area contributed by atoms with E-state index in [0.29, 0.717) is 0 Å². The van der Waals surface area contributed by atoms with Crippen LogP contribution in [0.4, 0.5) is 0 Å². The summed E-state index contributed by atoms with van der Waals surface area (Å²) < 4.78 is 10.1. The summed E-state index contributed by atoms with van der Waals surface area (Å²) in [6, 6.07) is 51.1. The highest BCUT2D eigenvalue weighted by Crippen LogP contribution is 2.49. The molecule has 8 nitrogen and oxygen atoms in total. The lowest BCUT2D eigenvalue weighted by atomic mass is 10.0. The summed E-state index contributed by atoms with van der Waals surface area (Å²) in [4.78, 5) is 38.8. The van der Waals surface area contributed by atoms with Gasteiger partial charge in [-0.1, -0.05) is 88.8 Å². The summed E-state index contributed by atoms with van der Waals surface area (Å²) >= 11 is 8.75. The molecule has 11 aromatic heterocycles. The molecule has 11 heterocycles. The first kappa shape index (κ1) is 50.6. The van der Waals surface area contributed by atoms with Crippen LogP contribution in [0.15, 0.2) is 170 Å². The van der Waals surface area contributed by atoms with E-state index in [1.807, 2.05) is 143 Å². The number of aryl methyl sites for hydroxylation is 2. The number of benzene rings is 1. The lowest BCUT2D eigenvalue weighted by Gasteiger charge is -2.08. The van der Waals surface area contributed by atoms with Gasteiger partial charge in [0.15, 0.2) is 0 Å². The summed E-state index contributed by atoms with van der Waals surface area (Å²) in [6.45, 7) is 4.56. The maximum absolute atomic E-state index is 5.06. The molecular weight excluding hydrogens is 1040 g/mol. The fraction of sp³-hybridized carbons (Fsp3) is 0.188. The van der Waals surface area contributed by atoms with E-state index >= 15 is 0 Å². The third kappa shape index (κ3) is 11.1. The van der Waals surface area contributed by atoms with E-state index in [-0.39, 0.29) is 0 Å². The average Bonchev–Trinajstić information content (AvgIpc) is 4.37. The monoisotopic (exact) mass is 1090 g/mol. The van der Waals surface area contributed by atoms with Crippen molar-refractivity contribution in [2.24, 2.45) is 0 Å². The molecule has 0 aliphatic carbocycles. The molecule has 0 radical (unpaired) electrons. The summed E-state index contributed by atoms with van der Waals surface area (Å²) in [5, 5.41) is 0. The first-order chi connectivity index (χ1) is 38.1. The number of nitrogens with zero attached hydrogens (tertiary/aromatic N) is 8. The highest BCUT2D eigenvalue weighted by Gasteiger charge is 2.23. The van der Waals surface area contributed by atoms with E-state index in [9.17, 15) is 0 Å². The molecule has 380 valence electrons. The molecule has 13 heteroatoms. The van der Waals surface area contributed by atoms with Crippen molar-refractivity contribution in [2.75, 3.05) is 0 Å². The van der Waals surface area contributed by atoms with E-state index in [0.717, 1.165) is 105 Å². The van der Waals surface area contributed by atoms with Gasteiger partial charge in [0.05, 0.1) is 57.3 Å². The van der Waals surface area contributed by atoms with E-state index < -0.39 is 0 Å². The van der Waals surface area contributed by atoms with Crippen LogP contribution in [0.25, 0.3) is 118 Å². The first-order valence-corrected chi connectivity index (χ1v) is 30.5. The van der Waals surface area contributed by atoms with Gasteiger partial charge in [-0.3, -0.25) is 19.9 Å². The molecule has 0 bridgehead atoms. The molecule has 0 spiro atoms. The Hall–Kier alpha value is -7.26. The second kappa shape index (κ2) is 23.5. The van der Waals surface area contributed by atoms with Crippen LogP contribution >= 0.6 is 57.1 Å². The molecular formula is C64H54N8S5. The number of fused-ring (bicyclic) bond motifs is 1. The summed E-state index contributed by atoms with van der Waals surface area (Å²) in [7, 11) is 0. The first-order valence-electron chi connectivity index (χ1n) is 26.5. The van der Waals surface area contributed by atoms with Crippen LogP contribution in [-0.4, -0.2) is 38.7 Å². The molecule has 12 rings (SSSR count). The zero-order valence-electron chi connectivity index (χ0n) is 42.9. The maximum Gasteiger partial charge on any atom is 0.114 e. The van der Waals surface area contributed by atoms with Crippen molar-refractivity contribution >= 4 is 68.1 Å². The van der Waals surface area contributed by atoms with Crippen LogP contribution in [0.5, 0.6) is 0 Å². The van der Waals surface area contributed by atoms with Crippen LogP contribution in [-0.2, 0) is 12.8 Å². The Bertz CT molecular complexity index is 3550. The quantitative estimate of drug-likeness (QED) is 0.0696. The molecule has 0 aliphatic rings. The zero-order valence-corrected chi connectivity index (χ0v) is 46.9. The Balaban J connectivity index is 0.892. The van der Waals surface area contributed by atoms with Gasteiger partial charge < -0.3 is 0 Å². The Kier molecular flexibility index (Phi) is 15.5. The number of aromatic nitrogens is 8. The minimum Gasteiger partial charge on any atom is -0.255 e. The van der Waals surface area contributed by atoms with Gasteiger partial charge in [0.25, 0.3) is 0 Å². The number of unbranched alkanes of at least 4 members (excludes halogenated alkanes) is 6.